The lowest BCUT2D eigenvalue weighted by atomic mass is 9.94. The van der Waals surface area contributed by atoms with Gasteiger partial charge in [0.1, 0.15) is 23.4 Å². The van der Waals surface area contributed by atoms with E-state index >= 15 is 0 Å². The van der Waals surface area contributed by atoms with Gasteiger partial charge in [-0.05, 0) is 54.8 Å². The molecule has 1 fully saturated rings. The highest BCUT2D eigenvalue weighted by Gasteiger charge is 2.45. The molecule has 6 nitrogen and oxygen atoms in total. The number of aliphatic hydroxyl groups is 1. The highest BCUT2D eigenvalue weighted by atomic mass is 16.5. The zero-order chi connectivity index (χ0) is 22.1. The summed E-state index contributed by atoms with van der Waals surface area (Å²) in [6.07, 6.45) is 2.46. The fraction of sp³-hybridized carbons (Fsp3) is 0.360. The van der Waals surface area contributed by atoms with Gasteiger partial charge in [-0.1, -0.05) is 25.5 Å². The van der Waals surface area contributed by atoms with Gasteiger partial charge in [0.2, 0.25) is 0 Å². The van der Waals surface area contributed by atoms with Crippen LogP contribution < -0.4 is 9.47 Å². The molecular weight excluding hydrogens is 394 g/mol. The molecule has 6 heteroatoms. The van der Waals surface area contributed by atoms with E-state index < -0.39 is 17.7 Å². The lowest BCUT2D eigenvalue weighted by molar-refractivity contribution is -0.139. The summed E-state index contributed by atoms with van der Waals surface area (Å²) >= 11 is 0. The Hall–Kier alpha value is -3.28. The van der Waals surface area contributed by atoms with Crippen LogP contribution in [0, 0.1) is 0 Å². The Bertz CT molecular complexity index is 1060. The molecule has 2 unspecified atom stereocenters. The van der Waals surface area contributed by atoms with Crippen LogP contribution in [0.2, 0.25) is 0 Å². The number of fused-ring (bicyclic) bond motifs is 1. The smallest absolute Gasteiger partial charge is 0.295 e. The van der Waals surface area contributed by atoms with Crippen molar-refractivity contribution in [1.29, 1.82) is 0 Å². The number of carbonyl (C=O) groups is 2. The van der Waals surface area contributed by atoms with Crippen molar-refractivity contribution in [2.75, 3.05) is 13.7 Å². The summed E-state index contributed by atoms with van der Waals surface area (Å²) in [6, 6.07) is 12.0. The van der Waals surface area contributed by atoms with Gasteiger partial charge in [0.15, 0.2) is 0 Å². The Kier molecular flexibility index (Phi) is 5.72. The van der Waals surface area contributed by atoms with Crippen molar-refractivity contribution in [2.24, 2.45) is 0 Å². The van der Waals surface area contributed by atoms with Crippen molar-refractivity contribution < 1.29 is 24.2 Å². The van der Waals surface area contributed by atoms with Gasteiger partial charge in [-0.25, -0.2) is 0 Å². The predicted octanol–water partition coefficient (Wildman–Crippen LogP) is 4.24. The molecule has 0 aliphatic carbocycles. The molecule has 162 valence electrons. The van der Waals surface area contributed by atoms with Crippen molar-refractivity contribution in [3.05, 3.63) is 64.7 Å². The molecule has 0 spiro atoms. The van der Waals surface area contributed by atoms with Crippen molar-refractivity contribution in [3.63, 3.8) is 0 Å². The molecule has 0 aromatic heterocycles. The van der Waals surface area contributed by atoms with Gasteiger partial charge in [-0.2, -0.15) is 0 Å². The molecule has 2 aliphatic rings. The van der Waals surface area contributed by atoms with Crippen LogP contribution in [0.25, 0.3) is 5.76 Å². The number of benzene rings is 2. The number of hydrogen-bond acceptors (Lipinski definition) is 5. The van der Waals surface area contributed by atoms with Crippen LogP contribution in [-0.4, -0.2) is 41.5 Å². The SMILES string of the molecule is CCCCN1C(=O)C(=O)/C(=C(\O)c2ccc3c(c2)CC(C)O3)C1c1cccc(OC)c1. The number of aliphatic hydroxyl groups excluding tert-OH is 1. The molecule has 1 N–H and O–H groups in total. The van der Waals surface area contributed by atoms with Gasteiger partial charge in [0.25, 0.3) is 11.7 Å². The van der Waals surface area contributed by atoms with Crippen LogP contribution in [0.15, 0.2) is 48.0 Å². The maximum Gasteiger partial charge on any atom is 0.295 e. The van der Waals surface area contributed by atoms with E-state index in [1.165, 1.54) is 0 Å². The summed E-state index contributed by atoms with van der Waals surface area (Å²) in [5.41, 5.74) is 2.34. The van der Waals surface area contributed by atoms with Crippen LogP contribution in [0.5, 0.6) is 11.5 Å². The number of likely N-dealkylation sites (tertiary alicyclic amines) is 1. The fourth-order valence-corrected chi connectivity index (χ4v) is 4.32. The number of nitrogens with zero attached hydrogens (tertiary/aromatic N) is 1. The number of methoxy groups -OCH3 is 1. The average Bonchev–Trinajstić information content (AvgIpc) is 3.27. The van der Waals surface area contributed by atoms with Crippen LogP contribution in [0.1, 0.15) is 49.4 Å². The van der Waals surface area contributed by atoms with E-state index in [-0.39, 0.29) is 17.4 Å². The van der Waals surface area contributed by atoms with Crippen LogP contribution in [-0.2, 0) is 16.0 Å². The second kappa shape index (κ2) is 8.46. The molecule has 2 aromatic carbocycles. The Balaban J connectivity index is 1.83. The minimum Gasteiger partial charge on any atom is -0.507 e. The molecule has 0 bridgehead atoms. The second-order valence-electron chi connectivity index (χ2n) is 8.08. The first-order valence-corrected chi connectivity index (χ1v) is 10.7. The maximum absolute atomic E-state index is 13.1. The lowest BCUT2D eigenvalue weighted by Crippen LogP contribution is -2.30. The lowest BCUT2D eigenvalue weighted by Gasteiger charge is -2.25. The van der Waals surface area contributed by atoms with Crippen molar-refractivity contribution in [3.8, 4) is 11.5 Å². The molecule has 1 saturated heterocycles. The summed E-state index contributed by atoms with van der Waals surface area (Å²) in [5.74, 6) is 0.0130. The molecule has 0 saturated carbocycles. The first kappa shape index (κ1) is 21.0. The van der Waals surface area contributed by atoms with Gasteiger partial charge in [-0.15, -0.1) is 0 Å². The first-order chi connectivity index (χ1) is 14.9. The minimum absolute atomic E-state index is 0.0730. The highest BCUT2D eigenvalue weighted by molar-refractivity contribution is 6.46. The number of ether oxygens (including phenoxy) is 2. The standard InChI is InChI=1S/C25H27NO5/c1-4-5-11-26-22(16-7-6-8-19(14-16)30-3)21(24(28)25(26)29)23(27)17-9-10-20-18(13-17)12-15(2)31-20/h6-10,13-15,22,27H,4-5,11-12H2,1-3H3/b23-21-. The van der Waals surface area contributed by atoms with Gasteiger partial charge in [0, 0.05) is 18.5 Å². The number of unbranched alkanes of at least 4 members (excludes halogenated alkanes) is 1. The van der Waals surface area contributed by atoms with E-state index in [0.717, 1.165) is 36.1 Å². The molecule has 2 aromatic rings. The molecule has 31 heavy (non-hydrogen) atoms. The Morgan fingerprint density at radius 1 is 1.23 bits per heavy atom. The van der Waals surface area contributed by atoms with Crippen LogP contribution in [0.4, 0.5) is 0 Å². The van der Waals surface area contributed by atoms with Crippen molar-refractivity contribution >= 4 is 17.4 Å². The predicted molar refractivity (Wildman–Crippen MR) is 117 cm³/mol. The minimum atomic E-state index is -0.662. The summed E-state index contributed by atoms with van der Waals surface area (Å²) in [7, 11) is 1.57. The topological polar surface area (TPSA) is 76.1 Å². The van der Waals surface area contributed by atoms with E-state index in [1.54, 1.807) is 24.1 Å². The summed E-state index contributed by atoms with van der Waals surface area (Å²) in [6.45, 7) is 4.46. The number of Topliss-reactive ketones (excluding diaryl/α,β-unsaturated/α-hetero) is 1. The van der Waals surface area contributed by atoms with E-state index in [2.05, 4.69) is 0 Å². The van der Waals surface area contributed by atoms with Gasteiger partial charge in [0.05, 0.1) is 18.7 Å². The number of rotatable bonds is 6. The van der Waals surface area contributed by atoms with E-state index in [9.17, 15) is 14.7 Å². The maximum atomic E-state index is 13.1. The summed E-state index contributed by atoms with van der Waals surface area (Å²) in [5, 5.41) is 11.2. The second-order valence-corrected chi connectivity index (χ2v) is 8.08. The van der Waals surface area contributed by atoms with E-state index in [1.807, 2.05) is 44.2 Å². The monoisotopic (exact) mass is 421 g/mol. The van der Waals surface area contributed by atoms with Gasteiger partial charge >= 0.3 is 0 Å². The normalized spacial score (nSPS) is 21.8. The summed E-state index contributed by atoms with van der Waals surface area (Å²) in [4.78, 5) is 27.5. The Morgan fingerprint density at radius 3 is 2.77 bits per heavy atom. The average molecular weight is 421 g/mol. The van der Waals surface area contributed by atoms with E-state index in [4.69, 9.17) is 9.47 Å². The largest absolute Gasteiger partial charge is 0.507 e. The third-order valence-corrected chi connectivity index (χ3v) is 5.87. The van der Waals surface area contributed by atoms with Crippen LogP contribution in [0.3, 0.4) is 0 Å². The number of carbonyl (C=O) groups excluding carboxylic acids is 2. The van der Waals surface area contributed by atoms with Crippen molar-refractivity contribution in [1.82, 2.24) is 4.90 Å². The fourth-order valence-electron chi connectivity index (χ4n) is 4.32. The molecule has 2 atom stereocenters. The summed E-state index contributed by atoms with van der Waals surface area (Å²) < 4.78 is 11.1. The molecule has 0 radical (unpaired) electrons. The Morgan fingerprint density at radius 2 is 2.03 bits per heavy atom. The quantitative estimate of drug-likeness (QED) is 0.429. The van der Waals surface area contributed by atoms with Crippen molar-refractivity contribution in [2.45, 2.75) is 45.3 Å². The zero-order valence-electron chi connectivity index (χ0n) is 18.1. The van der Waals surface area contributed by atoms with Gasteiger partial charge in [-0.3, -0.25) is 9.59 Å². The first-order valence-electron chi connectivity index (χ1n) is 10.7. The number of amides is 1. The highest BCUT2D eigenvalue weighted by Crippen LogP contribution is 2.41. The molecule has 4 rings (SSSR count). The number of ketones is 1. The van der Waals surface area contributed by atoms with Crippen LogP contribution >= 0.6 is 0 Å². The molecule has 2 heterocycles. The third-order valence-electron chi connectivity index (χ3n) is 5.87. The molecule has 1 amide bonds. The van der Waals surface area contributed by atoms with Gasteiger partial charge < -0.3 is 19.5 Å². The van der Waals surface area contributed by atoms with E-state index in [0.29, 0.717) is 17.9 Å². The Labute approximate surface area is 182 Å². The zero-order valence-corrected chi connectivity index (χ0v) is 18.1. The third kappa shape index (κ3) is 3.78. The number of hydrogen-bond donors (Lipinski definition) is 1. The molecule has 2 aliphatic heterocycles. The molecular formula is C25H27NO5.